The molecule has 0 N–H and O–H groups in total. The maximum atomic E-state index is 5.46. The van der Waals surface area contributed by atoms with E-state index >= 15 is 0 Å². The lowest BCUT2D eigenvalue weighted by Crippen LogP contribution is -2.36. The quantitative estimate of drug-likeness (QED) is 0.446. The normalized spacial score (nSPS) is 15.8. The zero-order valence-electron chi connectivity index (χ0n) is 15.1. The molecule has 2 unspecified atom stereocenters. The Morgan fingerprint density at radius 2 is 1.96 bits per heavy atom. The van der Waals surface area contributed by atoms with E-state index in [1.165, 1.54) is 10.6 Å². The molecule has 4 aromatic rings. The number of hydrogen-bond donors (Lipinski definition) is 0. The summed E-state index contributed by atoms with van der Waals surface area (Å²) in [6.45, 7) is 3.40. The molecular formula is C20H19N4OPS2. The molecule has 1 aliphatic heterocycles. The molecule has 0 aliphatic carbocycles. The van der Waals surface area contributed by atoms with Gasteiger partial charge in [-0.15, -0.1) is 31.9 Å². The van der Waals surface area contributed by atoms with Crippen molar-refractivity contribution in [2.24, 2.45) is 0 Å². The average molecular weight is 427 g/mol. The lowest BCUT2D eigenvalue weighted by Gasteiger charge is -2.29. The SMILES string of the molecule is PC(c1ccc(-c2ncnc3cc(N4CCOCC4)ccc23)s1)c1nccs1. The predicted octanol–water partition coefficient (Wildman–Crippen LogP) is 4.62. The van der Waals surface area contributed by atoms with E-state index < -0.39 is 0 Å². The summed E-state index contributed by atoms with van der Waals surface area (Å²) in [7, 11) is 2.90. The van der Waals surface area contributed by atoms with Gasteiger partial charge in [0.05, 0.1) is 35.0 Å². The molecule has 28 heavy (non-hydrogen) atoms. The first-order valence-electron chi connectivity index (χ1n) is 9.12. The van der Waals surface area contributed by atoms with Gasteiger partial charge in [-0.25, -0.2) is 15.0 Å². The number of morpholine rings is 1. The summed E-state index contributed by atoms with van der Waals surface area (Å²) in [5.74, 6) is 0. The highest BCUT2D eigenvalue weighted by Crippen LogP contribution is 2.40. The minimum absolute atomic E-state index is 0.222. The van der Waals surface area contributed by atoms with Crippen LogP contribution in [0.15, 0.2) is 48.2 Å². The minimum Gasteiger partial charge on any atom is -0.378 e. The third-order valence-corrected chi connectivity index (χ3v) is 8.07. The maximum absolute atomic E-state index is 5.46. The number of thiophene rings is 1. The molecule has 142 valence electrons. The third-order valence-electron chi connectivity index (χ3n) is 4.88. The van der Waals surface area contributed by atoms with E-state index in [2.05, 4.69) is 59.4 Å². The van der Waals surface area contributed by atoms with Crippen LogP contribution < -0.4 is 4.90 Å². The number of nitrogens with zero attached hydrogens (tertiary/aromatic N) is 4. The summed E-state index contributed by atoms with van der Waals surface area (Å²) >= 11 is 3.45. The Bertz CT molecular complexity index is 1090. The fourth-order valence-electron chi connectivity index (χ4n) is 3.42. The second-order valence-electron chi connectivity index (χ2n) is 6.57. The van der Waals surface area contributed by atoms with Gasteiger partial charge in [0.1, 0.15) is 11.3 Å². The van der Waals surface area contributed by atoms with Gasteiger partial charge < -0.3 is 9.64 Å². The van der Waals surface area contributed by atoms with E-state index in [1.54, 1.807) is 29.0 Å². The van der Waals surface area contributed by atoms with Crippen LogP contribution >= 0.6 is 31.9 Å². The Labute approximate surface area is 173 Å². The Morgan fingerprint density at radius 1 is 1.07 bits per heavy atom. The first kappa shape index (κ1) is 18.1. The summed E-state index contributed by atoms with van der Waals surface area (Å²) in [4.78, 5) is 18.3. The number of thiazole rings is 1. The monoisotopic (exact) mass is 426 g/mol. The van der Waals surface area contributed by atoms with Crippen LogP contribution in [0, 0.1) is 0 Å². The molecule has 1 aromatic carbocycles. The van der Waals surface area contributed by atoms with Crippen LogP contribution in [0.4, 0.5) is 5.69 Å². The molecule has 0 saturated carbocycles. The fourth-order valence-corrected chi connectivity index (χ4v) is 5.81. The van der Waals surface area contributed by atoms with Crippen molar-refractivity contribution >= 4 is 48.5 Å². The van der Waals surface area contributed by atoms with Crippen molar-refractivity contribution in [2.45, 2.75) is 5.66 Å². The first-order chi connectivity index (χ1) is 13.8. The number of anilines is 1. The van der Waals surface area contributed by atoms with Gasteiger partial charge >= 0.3 is 0 Å². The molecule has 3 aromatic heterocycles. The van der Waals surface area contributed by atoms with Gasteiger partial charge in [-0.2, -0.15) is 0 Å². The van der Waals surface area contributed by atoms with Gasteiger partial charge in [0.15, 0.2) is 0 Å². The van der Waals surface area contributed by atoms with Gasteiger partial charge in [-0.05, 0) is 30.3 Å². The molecule has 5 rings (SSSR count). The van der Waals surface area contributed by atoms with E-state index in [4.69, 9.17) is 4.74 Å². The molecular weight excluding hydrogens is 407 g/mol. The topological polar surface area (TPSA) is 51.1 Å². The summed E-state index contributed by atoms with van der Waals surface area (Å²) in [6, 6.07) is 10.8. The number of benzene rings is 1. The van der Waals surface area contributed by atoms with E-state index in [0.29, 0.717) is 0 Å². The summed E-state index contributed by atoms with van der Waals surface area (Å²) in [6.07, 6.45) is 3.52. The molecule has 0 radical (unpaired) electrons. The second-order valence-corrected chi connectivity index (χ2v) is 9.28. The van der Waals surface area contributed by atoms with Crippen molar-refractivity contribution in [3.63, 3.8) is 0 Å². The Kier molecular flexibility index (Phi) is 5.07. The van der Waals surface area contributed by atoms with Crippen LogP contribution in [0.3, 0.4) is 0 Å². The fraction of sp³-hybridized carbons (Fsp3) is 0.250. The van der Waals surface area contributed by atoms with E-state index in [9.17, 15) is 0 Å². The molecule has 1 aliphatic rings. The smallest absolute Gasteiger partial charge is 0.116 e. The van der Waals surface area contributed by atoms with Gasteiger partial charge in [-0.1, -0.05) is 0 Å². The minimum atomic E-state index is 0.222. The molecule has 1 saturated heterocycles. The number of aromatic nitrogens is 3. The maximum Gasteiger partial charge on any atom is 0.116 e. The van der Waals surface area contributed by atoms with Crippen LogP contribution in [-0.2, 0) is 4.74 Å². The molecule has 8 heteroatoms. The Hall–Kier alpha value is -1.92. The highest BCUT2D eigenvalue weighted by atomic mass is 32.1. The van der Waals surface area contributed by atoms with Gasteiger partial charge in [0, 0.05) is 40.6 Å². The van der Waals surface area contributed by atoms with Crippen LogP contribution in [0.5, 0.6) is 0 Å². The molecule has 0 amide bonds. The van der Waals surface area contributed by atoms with Gasteiger partial charge in [0.2, 0.25) is 0 Å². The standard InChI is InChI=1S/C20H19N4OPS2/c26-19(20-21-5-10-27-20)17-4-3-16(28-17)18-14-2-1-13(11-15(14)22-12-23-18)24-6-8-25-9-7-24/h1-5,10-12,19H,6-9,26H2. The van der Waals surface area contributed by atoms with Crippen molar-refractivity contribution in [3.8, 4) is 10.6 Å². The van der Waals surface area contributed by atoms with Crippen molar-refractivity contribution < 1.29 is 4.74 Å². The molecule has 4 heterocycles. The van der Waals surface area contributed by atoms with Crippen LogP contribution in [0.2, 0.25) is 0 Å². The average Bonchev–Trinajstić information content (AvgIpc) is 3.45. The third kappa shape index (κ3) is 3.44. The zero-order valence-corrected chi connectivity index (χ0v) is 17.9. The van der Waals surface area contributed by atoms with Gasteiger partial charge in [-0.3, -0.25) is 0 Å². The number of fused-ring (bicyclic) bond motifs is 1. The summed E-state index contributed by atoms with van der Waals surface area (Å²) in [5.41, 5.74) is 3.39. The van der Waals surface area contributed by atoms with E-state index in [-0.39, 0.29) is 5.66 Å². The van der Waals surface area contributed by atoms with Crippen molar-refractivity contribution in [2.75, 3.05) is 31.2 Å². The lowest BCUT2D eigenvalue weighted by molar-refractivity contribution is 0.122. The van der Waals surface area contributed by atoms with Crippen molar-refractivity contribution in [3.05, 3.63) is 58.1 Å². The van der Waals surface area contributed by atoms with Crippen LogP contribution in [-0.4, -0.2) is 41.3 Å². The van der Waals surface area contributed by atoms with Crippen molar-refractivity contribution in [1.82, 2.24) is 15.0 Å². The second kappa shape index (κ2) is 7.84. The molecule has 0 spiro atoms. The molecule has 5 nitrogen and oxygen atoms in total. The molecule has 2 atom stereocenters. The van der Waals surface area contributed by atoms with Gasteiger partial charge in [0.25, 0.3) is 0 Å². The van der Waals surface area contributed by atoms with Crippen LogP contribution in [0.25, 0.3) is 21.5 Å². The van der Waals surface area contributed by atoms with E-state index in [0.717, 1.165) is 52.8 Å². The lowest BCUT2D eigenvalue weighted by atomic mass is 10.1. The number of hydrogen-bond acceptors (Lipinski definition) is 7. The Morgan fingerprint density at radius 3 is 2.79 bits per heavy atom. The molecule has 1 fully saturated rings. The summed E-state index contributed by atoms with van der Waals surface area (Å²) in [5, 5.41) is 4.22. The summed E-state index contributed by atoms with van der Waals surface area (Å²) < 4.78 is 5.46. The number of rotatable bonds is 4. The highest BCUT2D eigenvalue weighted by Gasteiger charge is 2.17. The highest BCUT2D eigenvalue weighted by molar-refractivity contribution is 7.23. The van der Waals surface area contributed by atoms with Crippen molar-refractivity contribution in [1.29, 1.82) is 0 Å². The van der Waals surface area contributed by atoms with Crippen LogP contribution in [0.1, 0.15) is 15.5 Å². The first-order valence-corrected chi connectivity index (χ1v) is 11.5. The number of ether oxygens (including phenoxy) is 1. The zero-order chi connectivity index (χ0) is 18.9. The molecule has 0 bridgehead atoms. The largest absolute Gasteiger partial charge is 0.378 e. The Balaban J connectivity index is 1.49. The van der Waals surface area contributed by atoms with E-state index in [1.807, 2.05) is 11.6 Å². The predicted molar refractivity (Wildman–Crippen MR) is 120 cm³/mol.